The fourth-order valence-corrected chi connectivity index (χ4v) is 0.332. The molecule has 1 aromatic rings. The van der Waals surface area contributed by atoms with Crippen LogP contribution < -0.4 is 5.82 Å². The summed E-state index contributed by atoms with van der Waals surface area (Å²) < 4.78 is 8.33. The predicted molar refractivity (Wildman–Crippen MR) is 21.6 cm³/mol. The third-order valence-electron chi connectivity index (χ3n) is 0.643. The van der Waals surface area contributed by atoms with E-state index < -0.39 is 12.4 Å². The van der Waals surface area contributed by atoms with Gasteiger partial charge in [-0.2, -0.15) is 0 Å². The van der Waals surface area contributed by atoms with E-state index in [1.807, 2.05) is 0 Å². The van der Waals surface area contributed by atoms with Crippen molar-refractivity contribution in [2.75, 3.05) is 0 Å². The zero-order valence-corrected chi connectivity index (χ0v) is 3.92. The first kappa shape index (κ1) is 5.11. The highest BCUT2D eigenvalue weighted by Gasteiger charge is 1.96. The van der Waals surface area contributed by atoms with Gasteiger partial charge in [-0.3, -0.25) is 0 Å². The van der Waals surface area contributed by atoms with E-state index in [9.17, 15) is 9.90 Å². The van der Waals surface area contributed by atoms with Crippen LogP contribution in [0, 0.1) is 0 Å². The second-order valence-corrected chi connectivity index (χ2v) is 1.20. The summed E-state index contributed by atoms with van der Waals surface area (Å²) in [5.41, 5.74) is 0. The lowest BCUT2D eigenvalue weighted by Crippen LogP contribution is -1.86. The van der Waals surface area contributed by atoms with Gasteiger partial charge in [0.25, 0.3) is 0 Å². The number of rotatable bonds is 1. The van der Waals surface area contributed by atoms with E-state index in [0.29, 0.717) is 0 Å². The van der Waals surface area contributed by atoms with Crippen LogP contribution in [0.5, 0.6) is 0 Å². The largest absolute Gasteiger partial charge is 0.518 e. The van der Waals surface area contributed by atoms with E-state index in [4.69, 9.17) is 0 Å². The molecule has 1 radical (unpaired) electrons. The summed E-state index contributed by atoms with van der Waals surface area (Å²) in [6.45, 7) is -0.550. The van der Waals surface area contributed by atoms with E-state index in [0.717, 1.165) is 6.26 Å². The topological polar surface area (TPSA) is 63.2 Å². The van der Waals surface area contributed by atoms with Crippen LogP contribution in [0.4, 0.5) is 0 Å². The lowest BCUT2D eigenvalue weighted by atomic mass is 10.6. The molecule has 1 heterocycles. The van der Waals surface area contributed by atoms with Crippen molar-refractivity contribution in [3.63, 3.8) is 0 Å². The smallest absolute Gasteiger partial charge is 0.399 e. The summed E-state index contributed by atoms with van der Waals surface area (Å²) in [6, 6.07) is 0. The molecular formula is C4H3O4. The molecule has 0 bridgehead atoms. The van der Waals surface area contributed by atoms with Crippen LogP contribution in [0.1, 0.15) is 5.76 Å². The van der Waals surface area contributed by atoms with Crippen LogP contribution in [-0.2, 0) is 11.7 Å². The Kier molecular flexibility index (Phi) is 1.17. The van der Waals surface area contributed by atoms with E-state index >= 15 is 0 Å². The molecule has 0 aliphatic heterocycles. The molecule has 1 aromatic heterocycles. The Hall–Kier alpha value is -1.03. The monoisotopic (exact) mass is 115 g/mol. The van der Waals surface area contributed by atoms with Crippen LogP contribution in [0.2, 0.25) is 0 Å². The molecule has 0 aromatic carbocycles. The maximum Gasteiger partial charge on any atom is 0.518 e. The third-order valence-corrected chi connectivity index (χ3v) is 0.643. The summed E-state index contributed by atoms with van der Waals surface area (Å²) in [5.74, 6) is -0.786. The Balaban J connectivity index is 3.01. The van der Waals surface area contributed by atoms with E-state index in [-0.39, 0.29) is 5.76 Å². The molecule has 0 fully saturated rings. The van der Waals surface area contributed by atoms with Gasteiger partial charge in [-0.05, 0) is 0 Å². The molecule has 0 atom stereocenters. The Morgan fingerprint density at radius 3 is 2.62 bits per heavy atom. The Morgan fingerprint density at radius 2 is 2.38 bits per heavy atom. The van der Waals surface area contributed by atoms with Gasteiger partial charge in [0, 0.05) is 0 Å². The SMILES string of the molecule is [O]Cc1coc(=O)o1. The summed E-state index contributed by atoms with van der Waals surface area (Å²) in [5, 5.41) is 9.85. The predicted octanol–water partition coefficient (Wildman–Crippen LogP) is 0.163. The summed E-state index contributed by atoms with van der Waals surface area (Å²) in [6.07, 6.45) is 1.01. The fraction of sp³-hybridized carbons (Fsp3) is 0.250. The number of hydrogen-bond donors (Lipinski definition) is 0. The van der Waals surface area contributed by atoms with Crippen LogP contribution in [0.3, 0.4) is 0 Å². The van der Waals surface area contributed by atoms with Gasteiger partial charge in [-0.1, -0.05) is 0 Å². The molecular weight excluding hydrogens is 112 g/mol. The Bertz CT molecular complexity index is 208. The van der Waals surface area contributed by atoms with Gasteiger partial charge in [0.15, 0.2) is 5.76 Å². The Morgan fingerprint density at radius 1 is 1.62 bits per heavy atom. The lowest BCUT2D eigenvalue weighted by molar-refractivity contribution is 0.153. The average Bonchev–Trinajstić information content (AvgIpc) is 2.14. The van der Waals surface area contributed by atoms with E-state index in [2.05, 4.69) is 8.83 Å². The van der Waals surface area contributed by atoms with Gasteiger partial charge in [-0.15, -0.1) is 0 Å². The summed E-state index contributed by atoms with van der Waals surface area (Å²) in [7, 11) is 0. The molecule has 0 amide bonds. The average molecular weight is 115 g/mol. The second kappa shape index (κ2) is 1.83. The highest BCUT2D eigenvalue weighted by molar-refractivity contribution is 4.79. The van der Waals surface area contributed by atoms with Crippen molar-refractivity contribution in [1.29, 1.82) is 0 Å². The molecule has 43 valence electrons. The maximum atomic E-state index is 9.98. The summed E-state index contributed by atoms with van der Waals surface area (Å²) in [4.78, 5) is 9.98. The first-order valence-electron chi connectivity index (χ1n) is 1.98. The van der Waals surface area contributed by atoms with Gasteiger partial charge in [0.05, 0.1) is 0 Å². The molecule has 0 saturated carbocycles. The highest BCUT2D eigenvalue weighted by Crippen LogP contribution is 1.92. The molecule has 0 N–H and O–H groups in total. The molecule has 0 aliphatic carbocycles. The van der Waals surface area contributed by atoms with Gasteiger partial charge in [0.1, 0.15) is 12.9 Å². The van der Waals surface area contributed by atoms with Crippen molar-refractivity contribution >= 4 is 0 Å². The second-order valence-electron chi connectivity index (χ2n) is 1.20. The van der Waals surface area contributed by atoms with Crippen LogP contribution in [0.15, 0.2) is 19.9 Å². The Labute approximate surface area is 44.4 Å². The van der Waals surface area contributed by atoms with Crippen LogP contribution in [0.25, 0.3) is 0 Å². The highest BCUT2D eigenvalue weighted by atomic mass is 16.6. The normalized spacial score (nSPS) is 9.62. The molecule has 4 nitrogen and oxygen atoms in total. The molecule has 1 rings (SSSR count). The van der Waals surface area contributed by atoms with Crippen LogP contribution in [-0.4, -0.2) is 0 Å². The summed E-state index contributed by atoms with van der Waals surface area (Å²) >= 11 is 0. The molecule has 0 aliphatic rings. The van der Waals surface area contributed by atoms with Gasteiger partial charge >= 0.3 is 5.82 Å². The van der Waals surface area contributed by atoms with E-state index in [1.54, 1.807) is 0 Å². The van der Waals surface area contributed by atoms with Gasteiger partial charge in [-0.25, -0.2) is 9.90 Å². The van der Waals surface area contributed by atoms with Crippen molar-refractivity contribution in [3.8, 4) is 0 Å². The molecule has 0 unspecified atom stereocenters. The molecule has 0 saturated heterocycles. The molecule has 0 spiro atoms. The third kappa shape index (κ3) is 0.788. The van der Waals surface area contributed by atoms with Gasteiger partial charge < -0.3 is 8.83 Å². The lowest BCUT2D eigenvalue weighted by Gasteiger charge is -1.72. The van der Waals surface area contributed by atoms with Crippen molar-refractivity contribution in [2.45, 2.75) is 6.61 Å². The minimum Gasteiger partial charge on any atom is -0.399 e. The maximum absolute atomic E-state index is 9.98. The zero-order chi connectivity index (χ0) is 5.98. The van der Waals surface area contributed by atoms with Crippen molar-refractivity contribution < 1.29 is 13.9 Å². The zero-order valence-electron chi connectivity index (χ0n) is 3.92. The van der Waals surface area contributed by atoms with Crippen molar-refractivity contribution in [3.05, 3.63) is 22.6 Å². The standard InChI is InChI=1S/C4H3O4/c5-1-3-2-7-4(6)8-3/h2H,1H2. The fourth-order valence-electron chi connectivity index (χ4n) is 0.332. The van der Waals surface area contributed by atoms with Crippen LogP contribution >= 0.6 is 0 Å². The van der Waals surface area contributed by atoms with Gasteiger partial charge in [0.2, 0.25) is 0 Å². The molecule has 4 heteroatoms. The first-order chi connectivity index (χ1) is 3.83. The first-order valence-corrected chi connectivity index (χ1v) is 1.98. The van der Waals surface area contributed by atoms with E-state index in [1.165, 1.54) is 0 Å². The number of hydrogen-bond acceptors (Lipinski definition) is 3. The van der Waals surface area contributed by atoms with Crippen molar-refractivity contribution in [1.82, 2.24) is 0 Å². The quantitative estimate of drug-likeness (QED) is 0.523. The minimum atomic E-state index is -0.823. The van der Waals surface area contributed by atoms with Crippen molar-refractivity contribution in [2.24, 2.45) is 0 Å². The minimum absolute atomic E-state index is 0.0370. The molecule has 8 heavy (non-hydrogen) atoms.